The molecule has 0 spiro atoms. The van der Waals surface area contributed by atoms with Gasteiger partial charge in [-0.2, -0.15) is 13.2 Å². The zero-order chi connectivity index (χ0) is 13.0. The molecule has 0 atom stereocenters. The van der Waals surface area contributed by atoms with E-state index in [0.29, 0.717) is 0 Å². The van der Waals surface area contributed by atoms with Crippen LogP contribution in [-0.2, 0) is 4.74 Å². The van der Waals surface area contributed by atoms with Gasteiger partial charge in [-0.1, -0.05) is 0 Å². The van der Waals surface area contributed by atoms with Crippen LogP contribution in [0.5, 0.6) is 0 Å². The minimum atomic E-state index is -4.31. The van der Waals surface area contributed by atoms with Crippen LogP contribution in [-0.4, -0.2) is 24.3 Å². The van der Waals surface area contributed by atoms with Crippen molar-refractivity contribution in [2.45, 2.75) is 57.7 Å². The molecule has 6 heteroatoms. The zero-order valence-corrected chi connectivity index (χ0v) is 9.63. The first-order valence-electron chi connectivity index (χ1n) is 5.00. The van der Waals surface area contributed by atoms with E-state index in [4.69, 9.17) is 4.74 Å². The molecule has 0 aliphatic rings. The molecule has 0 saturated heterocycles. The molecule has 0 aliphatic heterocycles. The summed E-state index contributed by atoms with van der Waals surface area (Å²) in [6.07, 6.45) is -5.72. The summed E-state index contributed by atoms with van der Waals surface area (Å²) >= 11 is 0. The minimum Gasteiger partial charge on any atom is -0.375 e. The Kier molecular flexibility index (Phi) is 5.16. The zero-order valence-electron chi connectivity index (χ0n) is 9.63. The molecule has 0 amide bonds. The molecule has 0 bridgehead atoms. The second kappa shape index (κ2) is 5.29. The fraction of sp³-hybridized carbons (Fsp3) is 1.00. The van der Waals surface area contributed by atoms with Gasteiger partial charge >= 0.3 is 6.18 Å². The number of halogens is 5. The lowest BCUT2D eigenvalue weighted by molar-refractivity contribution is -0.181. The van der Waals surface area contributed by atoms with Crippen LogP contribution >= 0.6 is 0 Å². The summed E-state index contributed by atoms with van der Waals surface area (Å²) in [7, 11) is 0. The van der Waals surface area contributed by atoms with Gasteiger partial charge in [0.05, 0.1) is 12.0 Å². The smallest absolute Gasteiger partial charge is 0.375 e. The molecular formula is C10H17F5O. The molecule has 0 unspecified atom stereocenters. The highest BCUT2D eigenvalue weighted by Gasteiger charge is 2.37. The number of hydrogen-bond acceptors (Lipinski definition) is 1. The molecular weight excluding hydrogens is 231 g/mol. The highest BCUT2D eigenvalue weighted by Crippen LogP contribution is 2.30. The van der Waals surface area contributed by atoms with E-state index < -0.39 is 24.1 Å². The molecule has 0 fully saturated rings. The first-order chi connectivity index (χ1) is 6.91. The van der Waals surface area contributed by atoms with Gasteiger partial charge in [-0.25, -0.2) is 8.78 Å². The van der Waals surface area contributed by atoms with E-state index in [1.54, 1.807) is 0 Å². The molecule has 0 radical (unpaired) electrons. The van der Waals surface area contributed by atoms with Gasteiger partial charge in [-0.3, -0.25) is 0 Å². The average molecular weight is 248 g/mol. The summed E-state index contributed by atoms with van der Waals surface area (Å²) in [4.78, 5) is 0. The Labute approximate surface area is 92.0 Å². The molecule has 0 aromatic heterocycles. The van der Waals surface area contributed by atoms with Crippen LogP contribution in [0.4, 0.5) is 22.0 Å². The fourth-order valence-electron chi connectivity index (χ4n) is 1.26. The van der Waals surface area contributed by atoms with Crippen LogP contribution in [0.2, 0.25) is 0 Å². The maximum Gasteiger partial charge on any atom is 0.391 e. The van der Waals surface area contributed by atoms with Crippen LogP contribution in [0, 0.1) is 0 Å². The topological polar surface area (TPSA) is 9.23 Å². The van der Waals surface area contributed by atoms with Crippen molar-refractivity contribution < 1.29 is 26.7 Å². The van der Waals surface area contributed by atoms with Gasteiger partial charge in [0.2, 0.25) is 5.92 Å². The third-order valence-electron chi connectivity index (χ3n) is 1.88. The van der Waals surface area contributed by atoms with Crippen molar-refractivity contribution in [3.8, 4) is 0 Å². The molecule has 0 aromatic rings. The van der Waals surface area contributed by atoms with Crippen LogP contribution in [0.25, 0.3) is 0 Å². The Morgan fingerprint density at radius 1 is 0.938 bits per heavy atom. The van der Waals surface area contributed by atoms with E-state index in [0.717, 1.165) is 6.92 Å². The Morgan fingerprint density at radius 3 is 1.81 bits per heavy atom. The Hall–Kier alpha value is -0.390. The monoisotopic (exact) mass is 248 g/mol. The highest BCUT2D eigenvalue weighted by atomic mass is 19.4. The van der Waals surface area contributed by atoms with E-state index in [2.05, 4.69) is 0 Å². The van der Waals surface area contributed by atoms with Crippen LogP contribution < -0.4 is 0 Å². The van der Waals surface area contributed by atoms with Gasteiger partial charge in [-0.05, 0) is 27.2 Å². The lowest BCUT2D eigenvalue weighted by Gasteiger charge is -2.26. The Bertz CT molecular complexity index is 204. The molecule has 98 valence electrons. The molecule has 0 N–H and O–H groups in total. The van der Waals surface area contributed by atoms with E-state index in [9.17, 15) is 22.0 Å². The predicted octanol–water partition coefficient (Wildman–Crippen LogP) is 4.17. The summed E-state index contributed by atoms with van der Waals surface area (Å²) in [6, 6.07) is 0. The summed E-state index contributed by atoms with van der Waals surface area (Å²) in [6.45, 7) is 3.27. The molecule has 16 heavy (non-hydrogen) atoms. The van der Waals surface area contributed by atoms with Crippen molar-refractivity contribution in [1.29, 1.82) is 0 Å². The third kappa shape index (κ3) is 10.1. The quantitative estimate of drug-likeness (QED) is 0.506. The molecule has 1 nitrogen and oxygen atoms in total. The SMILES string of the molecule is CC(F)(F)CCCOC(C)(C)CC(F)(F)F. The van der Waals surface area contributed by atoms with Crippen molar-refractivity contribution in [2.75, 3.05) is 6.61 Å². The summed E-state index contributed by atoms with van der Waals surface area (Å²) in [5, 5.41) is 0. The predicted molar refractivity (Wildman–Crippen MR) is 50.6 cm³/mol. The van der Waals surface area contributed by atoms with Gasteiger partial charge in [0.25, 0.3) is 0 Å². The largest absolute Gasteiger partial charge is 0.391 e. The maximum absolute atomic E-state index is 12.4. The van der Waals surface area contributed by atoms with Crippen molar-refractivity contribution in [2.24, 2.45) is 0 Å². The van der Waals surface area contributed by atoms with Crippen molar-refractivity contribution in [3.05, 3.63) is 0 Å². The molecule has 0 saturated carbocycles. The van der Waals surface area contributed by atoms with Crippen molar-refractivity contribution in [3.63, 3.8) is 0 Å². The Morgan fingerprint density at radius 2 is 1.44 bits per heavy atom. The highest BCUT2D eigenvalue weighted by molar-refractivity contribution is 4.73. The summed E-state index contributed by atoms with van der Waals surface area (Å²) < 4.78 is 65.9. The first-order valence-corrected chi connectivity index (χ1v) is 5.00. The molecule has 0 rings (SSSR count). The lowest BCUT2D eigenvalue weighted by Crippen LogP contribution is -2.32. The van der Waals surface area contributed by atoms with E-state index in [1.165, 1.54) is 13.8 Å². The fourth-order valence-corrected chi connectivity index (χ4v) is 1.26. The van der Waals surface area contributed by atoms with Gasteiger partial charge in [0.15, 0.2) is 0 Å². The van der Waals surface area contributed by atoms with Crippen LogP contribution in [0.3, 0.4) is 0 Å². The third-order valence-corrected chi connectivity index (χ3v) is 1.88. The standard InChI is InChI=1S/C10H17F5O/c1-8(2,7-10(13,14)15)16-6-4-5-9(3,11)12/h4-7H2,1-3H3. The van der Waals surface area contributed by atoms with Gasteiger partial charge in [-0.15, -0.1) is 0 Å². The van der Waals surface area contributed by atoms with E-state index >= 15 is 0 Å². The second-order valence-corrected chi connectivity index (χ2v) is 4.57. The summed E-state index contributed by atoms with van der Waals surface area (Å²) in [5.74, 6) is -2.79. The lowest BCUT2D eigenvalue weighted by atomic mass is 10.1. The minimum absolute atomic E-state index is 0.0464. The second-order valence-electron chi connectivity index (χ2n) is 4.57. The number of alkyl halides is 5. The van der Waals surface area contributed by atoms with Gasteiger partial charge < -0.3 is 4.74 Å². The van der Waals surface area contributed by atoms with Crippen LogP contribution in [0.1, 0.15) is 40.0 Å². The average Bonchev–Trinajstić information content (AvgIpc) is 1.91. The van der Waals surface area contributed by atoms with E-state index in [-0.39, 0.29) is 19.4 Å². The van der Waals surface area contributed by atoms with Crippen molar-refractivity contribution in [1.82, 2.24) is 0 Å². The van der Waals surface area contributed by atoms with Crippen molar-refractivity contribution >= 4 is 0 Å². The molecule has 0 aliphatic carbocycles. The Balaban J connectivity index is 3.83. The number of ether oxygens (including phenoxy) is 1. The van der Waals surface area contributed by atoms with E-state index in [1.807, 2.05) is 0 Å². The normalized spacial score (nSPS) is 14.2. The van der Waals surface area contributed by atoms with Gasteiger partial charge in [0, 0.05) is 13.0 Å². The first kappa shape index (κ1) is 15.6. The molecule has 0 aromatic carbocycles. The number of hydrogen-bond donors (Lipinski definition) is 0. The van der Waals surface area contributed by atoms with Crippen LogP contribution in [0.15, 0.2) is 0 Å². The maximum atomic E-state index is 12.4. The summed E-state index contributed by atoms with van der Waals surface area (Å²) in [5.41, 5.74) is -1.36. The number of rotatable bonds is 6. The van der Waals surface area contributed by atoms with Gasteiger partial charge in [0.1, 0.15) is 0 Å². The molecule has 0 heterocycles.